The van der Waals surface area contributed by atoms with E-state index in [0.29, 0.717) is 38.3 Å². The normalized spacial score (nSPS) is 18.7. The molecule has 2 amide bonds. The molecule has 0 N–H and O–H groups in total. The molecule has 0 spiro atoms. The summed E-state index contributed by atoms with van der Waals surface area (Å²) in [5.74, 6) is 0.695. The van der Waals surface area contributed by atoms with Gasteiger partial charge in [0.2, 0.25) is 5.91 Å². The van der Waals surface area contributed by atoms with Gasteiger partial charge in [0.15, 0.2) is 0 Å². The van der Waals surface area contributed by atoms with Gasteiger partial charge >= 0.3 is 13.2 Å². The highest BCUT2D eigenvalue weighted by molar-refractivity contribution is 6.62. The zero-order valence-electron chi connectivity index (χ0n) is 25.9. The van der Waals surface area contributed by atoms with Crippen LogP contribution >= 0.6 is 0 Å². The van der Waals surface area contributed by atoms with Gasteiger partial charge in [0.1, 0.15) is 18.0 Å². The number of piperidine rings is 1. The Hall–Kier alpha value is -3.04. The van der Waals surface area contributed by atoms with Crippen LogP contribution in [0, 0.1) is 0 Å². The Morgan fingerprint density at radius 2 is 1.61 bits per heavy atom. The molecule has 2 aliphatic heterocycles. The molecule has 0 radical (unpaired) electrons. The van der Waals surface area contributed by atoms with Gasteiger partial charge in [-0.05, 0) is 78.4 Å². The van der Waals surface area contributed by atoms with Crippen LogP contribution in [0.5, 0.6) is 5.75 Å². The highest BCUT2D eigenvalue weighted by atomic mass is 16.7. The fraction of sp³-hybridized carbons (Fsp3) is 0.562. The van der Waals surface area contributed by atoms with Crippen molar-refractivity contribution in [3.8, 4) is 5.75 Å². The van der Waals surface area contributed by atoms with Crippen molar-refractivity contribution in [3.63, 3.8) is 0 Å². The maximum absolute atomic E-state index is 13.5. The second-order valence-corrected chi connectivity index (χ2v) is 13.1. The molecule has 2 aromatic rings. The van der Waals surface area contributed by atoms with E-state index < -0.39 is 23.9 Å². The number of hydrogen-bond acceptors (Lipinski definition) is 6. The van der Waals surface area contributed by atoms with E-state index in [1.807, 2.05) is 102 Å². The van der Waals surface area contributed by atoms with Crippen LogP contribution in [0.2, 0.25) is 0 Å². The first-order valence-electron chi connectivity index (χ1n) is 14.5. The fourth-order valence-electron chi connectivity index (χ4n) is 5.00. The summed E-state index contributed by atoms with van der Waals surface area (Å²) in [6.07, 6.45) is 1.27. The van der Waals surface area contributed by atoms with E-state index in [2.05, 4.69) is 0 Å². The monoisotopic (exact) mass is 564 g/mol. The van der Waals surface area contributed by atoms with E-state index in [-0.39, 0.29) is 24.5 Å². The smallest absolute Gasteiger partial charge is 0.489 e. The Balaban J connectivity index is 1.46. The molecule has 4 rings (SSSR count). The minimum absolute atomic E-state index is 0.0269. The molecule has 41 heavy (non-hydrogen) atoms. The predicted octanol–water partition coefficient (Wildman–Crippen LogP) is 4.97. The molecular weight excluding hydrogens is 519 g/mol. The number of likely N-dealkylation sites (tertiary alicyclic amines) is 1. The average molecular weight is 565 g/mol. The maximum Gasteiger partial charge on any atom is 0.494 e. The van der Waals surface area contributed by atoms with Crippen LogP contribution in [-0.2, 0) is 31.9 Å². The van der Waals surface area contributed by atoms with Crippen molar-refractivity contribution in [2.45, 2.75) is 97.2 Å². The maximum atomic E-state index is 13.5. The fourth-order valence-corrected chi connectivity index (χ4v) is 5.00. The SMILES string of the molecule is CN(C(=O)OC(C)(C)C)C1CCN(C(=O)Cc2cc(B3OC(C)(C)C(C)(C)O3)ccc2OCc2ccccc2)CC1. The summed E-state index contributed by atoms with van der Waals surface area (Å²) in [6.45, 7) is 15.2. The van der Waals surface area contributed by atoms with E-state index in [0.717, 1.165) is 16.6 Å². The first-order chi connectivity index (χ1) is 19.1. The lowest BCUT2D eigenvalue weighted by atomic mass is 9.78. The zero-order valence-corrected chi connectivity index (χ0v) is 25.9. The standard InChI is InChI=1S/C32H45BN2O6/c1-30(2,3)39-29(37)34(8)26-16-18-35(19-17-26)28(36)21-24-20-25(33-40-31(4,5)32(6,7)41-33)14-15-27(24)38-22-23-12-10-9-11-13-23/h9-15,20,26H,16-19,21-22H2,1-8H3. The molecule has 222 valence electrons. The molecule has 0 aliphatic carbocycles. The van der Waals surface area contributed by atoms with Gasteiger partial charge in [-0.25, -0.2) is 4.79 Å². The molecular formula is C32H45BN2O6. The van der Waals surface area contributed by atoms with Gasteiger partial charge in [0.05, 0.1) is 17.6 Å². The third-order valence-corrected chi connectivity index (χ3v) is 8.24. The van der Waals surface area contributed by atoms with Crippen molar-refractivity contribution < 1.29 is 28.4 Å². The Morgan fingerprint density at radius 1 is 1.00 bits per heavy atom. The lowest BCUT2D eigenvalue weighted by molar-refractivity contribution is -0.131. The summed E-state index contributed by atoms with van der Waals surface area (Å²) in [5, 5.41) is 0. The van der Waals surface area contributed by atoms with Crippen molar-refractivity contribution in [1.29, 1.82) is 0 Å². The van der Waals surface area contributed by atoms with Crippen LogP contribution in [0.4, 0.5) is 4.79 Å². The van der Waals surface area contributed by atoms with E-state index >= 15 is 0 Å². The number of carbonyl (C=O) groups is 2. The van der Waals surface area contributed by atoms with Crippen molar-refractivity contribution in [2.24, 2.45) is 0 Å². The lowest BCUT2D eigenvalue weighted by Gasteiger charge is -2.37. The Bertz CT molecular complexity index is 1200. The molecule has 2 saturated heterocycles. The summed E-state index contributed by atoms with van der Waals surface area (Å²) in [6, 6.07) is 15.8. The van der Waals surface area contributed by atoms with Gasteiger partial charge in [0.25, 0.3) is 0 Å². The molecule has 0 atom stereocenters. The zero-order chi connectivity index (χ0) is 30.0. The average Bonchev–Trinajstić information content (AvgIpc) is 3.13. The number of amides is 2. The molecule has 2 fully saturated rings. The molecule has 2 aliphatic rings. The summed E-state index contributed by atoms with van der Waals surface area (Å²) >= 11 is 0. The second kappa shape index (κ2) is 12.1. The van der Waals surface area contributed by atoms with Crippen LogP contribution in [0.15, 0.2) is 48.5 Å². The van der Waals surface area contributed by atoms with Gasteiger partial charge in [-0.2, -0.15) is 0 Å². The van der Waals surface area contributed by atoms with Gasteiger partial charge < -0.3 is 28.6 Å². The first kappa shape index (κ1) is 30.9. The molecule has 0 aromatic heterocycles. The third-order valence-electron chi connectivity index (χ3n) is 8.24. The van der Waals surface area contributed by atoms with Gasteiger partial charge in [0, 0.05) is 31.7 Å². The molecule has 0 bridgehead atoms. The quantitative estimate of drug-likeness (QED) is 0.443. The van der Waals surface area contributed by atoms with Gasteiger partial charge in [-0.1, -0.05) is 42.5 Å². The van der Waals surface area contributed by atoms with Crippen molar-refractivity contribution >= 4 is 24.6 Å². The molecule has 8 nitrogen and oxygen atoms in total. The van der Waals surface area contributed by atoms with Gasteiger partial charge in [-0.15, -0.1) is 0 Å². The summed E-state index contributed by atoms with van der Waals surface area (Å²) in [4.78, 5) is 29.6. The Labute approximate surface area is 245 Å². The highest BCUT2D eigenvalue weighted by Crippen LogP contribution is 2.37. The van der Waals surface area contributed by atoms with Gasteiger partial charge in [-0.3, -0.25) is 4.79 Å². The Morgan fingerprint density at radius 3 is 2.20 bits per heavy atom. The summed E-state index contributed by atoms with van der Waals surface area (Å²) < 4.78 is 24.3. The molecule has 0 saturated carbocycles. The van der Waals surface area contributed by atoms with Crippen molar-refractivity contribution in [2.75, 3.05) is 20.1 Å². The van der Waals surface area contributed by atoms with Crippen LogP contribution in [0.3, 0.4) is 0 Å². The minimum Gasteiger partial charge on any atom is -0.489 e. The number of rotatable bonds is 7. The van der Waals surface area contributed by atoms with Crippen LogP contribution in [0.25, 0.3) is 0 Å². The highest BCUT2D eigenvalue weighted by Gasteiger charge is 2.51. The Kier molecular flexibility index (Phi) is 9.09. The van der Waals surface area contributed by atoms with Crippen molar-refractivity contribution in [1.82, 2.24) is 9.80 Å². The van der Waals surface area contributed by atoms with E-state index in [9.17, 15) is 9.59 Å². The molecule has 2 aromatic carbocycles. The number of benzene rings is 2. The van der Waals surface area contributed by atoms with E-state index in [1.165, 1.54) is 0 Å². The van der Waals surface area contributed by atoms with E-state index in [1.54, 1.807) is 11.9 Å². The number of nitrogens with zero attached hydrogens (tertiary/aromatic N) is 2. The second-order valence-electron chi connectivity index (χ2n) is 13.1. The van der Waals surface area contributed by atoms with Crippen LogP contribution < -0.4 is 10.2 Å². The summed E-state index contributed by atoms with van der Waals surface area (Å²) in [5.41, 5.74) is 1.23. The molecule has 0 unspecified atom stereocenters. The number of ether oxygens (including phenoxy) is 2. The van der Waals surface area contributed by atoms with Crippen molar-refractivity contribution in [3.05, 3.63) is 59.7 Å². The number of hydrogen-bond donors (Lipinski definition) is 0. The topological polar surface area (TPSA) is 77.5 Å². The number of carbonyl (C=O) groups excluding carboxylic acids is 2. The van der Waals surface area contributed by atoms with Crippen LogP contribution in [0.1, 0.15) is 72.4 Å². The van der Waals surface area contributed by atoms with E-state index in [4.69, 9.17) is 18.8 Å². The van der Waals surface area contributed by atoms with Crippen LogP contribution in [-0.4, -0.2) is 71.9 Å². The lowest BCUT2D eigenvalue weighted by Crippen LogP contribution is -2.48. The third kappa shape index (κ3) is 7.63. The summed E-state index contributed by atoms with van der Waals surface area (Å²) in [7, 11) is 1.24. The molecule has 9 heteroatoms. The predicted molar refractivity (Wildman–Crippen MR) is 160 cm³/mol. The minimum atomic E-state index is -0.545. The molecule has 2 heterocycles. The largest absolute Gasteiger partial charge is 0.494 e. The first-order valence-corrected chi connectivity index (χ1v) is 14.5.